The molecule has 31 heavy (non-hydrogen) atoms. The number of halogens is 3. The molecule has 1 amide bonds. The number of hydrogen-bond donors (Lipinski definition) is 2. The third kappa shape index (κ3) is 4.63. The van der Waals surface area contributed by atoms with Crippen LogP contribution in [0.2, 0.25) is 0 Å². The number of rotatable bonds is 5. The fourth-order valence-electron chi connectivity index (χ4n) is 4.05. The number of aryl methyl sites for hydroxylation is 1. The highest BCUT2D eigenvalue weighted by Gasteiger charge is 2.44. The Bertz CT molecular complexity index is 906. The summed E-state index contributed by atoms with van der Waals surface area (Å²) in [6.07, 6.45) is -2.05. The summed E-state index contributed by atoms with van der Waals surface area (Å²) in [6, 6.07) is 5.43. The third-order valence-corrected chi connectivity index (χ3v) is 5.98. The Balaban J connectivity index is 1.40. The summed E-state index contributed by atoms with van der Waals surface area (Å²) < 4.78 is 44.3. The van der Waals surface area contributed by atoms with E-state index in [1.54, 1.807) is 13.0 Å². The predicted molar refractivity (Wildman–Crippen MR) is 104 cm³/mol. The van der Waals surface area contributed by atoms with Crippen LogP contribution in [0.1, 0.15) is 42.7 Å². The molecule has 1 atom stereocenters. The second-order valence-corrected chi connectivity index (χ2v) is 8.25. The molecule has 2 N–H and O–H groups in total. The SMILES string of the molecule is Cc1cc(C2CCN(C(=O)C3CC3)CC2)ccc1OC1NN(C(F)(F)F)C=C1C(=O)O. The number of nitrogens with zero attached hydrogens (tertiary/aromatic N) is 2. The zero-order valence-corrected chi connectivity index (χ0v) is 17.0. The second-order valence-electron chi connectivity index (χ2n) is 8.25. The molecule has 0 spiro atoms. The summed E-state index contributed by atoms with van der Waals surface area (Å²) in [5.74, 6) is -0.421. The van der Waals surface area contributed by atoms with Crippen molar-refractivity contribution in [1.82, 2.24) is 15.3 Å². The molecule has 1 aliphatic carbocycles. The molecule has 2 heterocycles. The molecule has 4 rings (SSSR count). The lowest BCUT2D eigenvalue weighted by atomic mass is 9.88. The van der Waals surface area contributed by atoms with Crippen molar-refractivity contribution >= 4 is 11.9 Å². The van der Waals surface area contributed by atoms with Crippen LogP contribution < -0.4 is 10.2 Å². The lowest BCUT2D eigenvalue weighted by Gasteiger charge is -2.32. The van der Waals surface area contributed by atoms with Crippen LogP contribution in [0.4, 0.5) is 13.2 Å². The lowest BCUT2D eigenvalue weighted by molar-refractivity contribution is -0.246. The molecule has 1 aromatic carbocycles. The summed E-state index contributed by atoms with van der Waals surface area (Å²) in [5, 5.41) is 9.00. The van der Waals surface area contributed by atoms with Crippen molar-refractivity contribution in [3.05, 3.63) is 41.1 Å². The summed E-state index contributed by atoms with van der Waals surface area (Å²) in [5.41, 5.74) is 3.26. The van der Waals surface area contributed by atoms with Crippen molar-refractivity contribution in [3.8, 4) is 5.75 Å². The minimum atomic E-state index is -4.77. The van der Waals surface area contributed by atoms with Gasteiger partial charge >= 0.3 is 12.3 Å². The van der Waals surface area contributed by atoms with E-state index in [1.807, 2.05) is 22.5 Å². The molecule has 0 radical (unpaired) electrons. The van der Waals surface area contributed by atoms with Gasteiger partial charge in [0.25, 0.3) is 0 Å². The number of nitrogens with one attached hydrogen (secondary N) is 1. The van der Waals surface area contributed by atoms with E-state index >= 15 is 0 Å². The van der Waals surface area contributed by atoms with Crippen molar-refractivity contribution in [2.24, 2.45) is 5.92 Å². The van der Waals surface area contributed by atoms with Gasteiger partial charge in [-0.25, -0.2) is 9.80 Å². The standard InChI is InChI=1S/C21H24F3N3O4/c1-12-10-15(13-6-8-26(9-7-13)19(28)14-2-3-14)4-5-17(12)31-18-16(20(29)30)11-27(25-18)21(22,23)24/h4-5,10-11,13-14,18,25H,2-3,6-9H2,1H3,(H,29,30). The summed E-state index contributed by atoms with van der Waals surface area (Å²) >= 11 is 0. The van der Waals surface area contributed by atoms with E-state index in [2.05, 4.69) is 0 Å². The number of carboxylic acid groups (broad SMARTS) is 1. The van der Waals surface area contributed by atoms with Gasteiger partial charge < -0.3 is 14.7 Å². The number of carbonyl (C=O) groups is 2. The normalized spacial score (nSPS) is 22.5. The van der Waals surface area contributed by atoms with Gasteiger partial charge in [-0.3, -0.25) is 4.79 Å². The van der Waals surface area contributed by atoms with E-state index in [0.29, 0.717) is 17.5 Å². The highest BCUT2D eigenvalue weighted by atomic mass is 19.4. The van der Waals surface area contributed by atoms with Gasteiger partial charge in [0, 0.05) is 25.2 Å². The molecule has 1 saturated carbocycles. The second kappa shape index (κ2) is 8.07. The first-order valence-corrected chi connectivity index (χ1v) is 10.3. The average Bonchev–Trinajstić information content (AvgIpc) is 3.47. The summed E-state index contributed by atoms with van der Waals surface area (Å²) in [6.45, 7) is 3.22. The van der Waals surface area contributed by atoms with Gasteiger partial charge in [-0.05, 0) is 55.7 Å². The van der Waals surface area contributed by atoms with Gasteiger partial charge in [0.05, 0.1) is 0 Å². The average molecular weight is 439 g/mol. The van der Waals surface area contributed by atoms with Crippen LogP contribution >= 0.6 is 0 Å². The van der Waals surface area contributed by atoms with Crippen molar-refractivity contribution in [2.45, 2.75) is 51.1 Å². The topological polar surface area (TPSA) is 82.1 Å². The number of alkyl halides is 3. The number of likely N-dealkylation sites (tertiary alicyclic amines) is 1. The van der Waals surface area contributed by atoms with Gasteiger partial charge in [-0.2, -0.15) is 5.43 Å². The quantitative estimate of drug-likeness (QED) is 0.687. The number of benzene rings is 1. The van der Waals surface area contributed by atoms with E-state index in [9.17, 15) is 27.9 Å². The number of amides is 1. The largest absolute Gasteiger partial charge is 0.498 e. The predicted octanol–water partition coefficient (Wildman–Crippen LogP) is 3.12. The van der Waals surface area contributed by atoms with Crippen LogP contribution in [-0.2, 0) is 9.59 Å². The maximum absolute atomic E-state index is 12.9. The van der Waals surface area contributed by atoms with Gasteiger partial charge in [-0.1, -0.05) is 12.1 Å². The molecule has 168 valence electrons. The molecule has 1 saturated heterocycles. The molecular weight excluding hydrogens is 415 g/mol. The first-order chi connectivity index (χ1) is 14.6. The Morgan fingerprint density at radius 1 is 1.16 bits per heavy atom. The number of carboxylic acids is 1. The maximum Gasteiger partial charge on any atom is 0.498 e. The fourth-order valence-corrected chi connectivity index (χ4v) is 4.05. The molecule has 1 unspecified atom stereocenters. The van der Waals surface area contributed by atoms with Gasteiger partial charge in [-0.15, -0.1) is 13.2 Å². The molecule has 10 heteroatoms. The lowest BCUT2D eigenvalue weighted by Crippen LogP contribution is -2.47. The highest BCUT2D eigenvalue weighted by Crippen LogP contribution is 2.36. The van der Waals surface area contributed by atoms with Crippen LogP contribution in [-0.4, -0.2) is 52.5 Å². The monoisotopic (exact) mass is 439 g/mol. The van der Waals surface area contributed by atoms with Crippen LogP contribution in [0, 0.1) is 12.8 Å². The summed E-state index contributed by atoms with van der Waals surface area (Å²) in [4.78, 5) is 25.5. The summed E-state index contributed by atoms with van der Waals surface area (Å²) in [7, 11) is 0. The van der Waals surface area contributed by atoms with Crippen LogP contribution in [0.25, 0.3) is 0 Å². The van der Waals surface area contributed by atoms with Gasteiger partial charge in [0.15, 0.2) is 0 Å². The Labute approximate surface area is 177 Å². The first-order valence-electron chi connectivity index (χ1n) is 10.3. The number of hydrogen-bond acceptors (Lipinski definition) is 5. The van der Waals surface area contributed by atoms with E-state index in [4.69, 9.17) is 4.74 Å². The van der Waals surface area contributed by atoms with Crippen molar-refractivity contribution in [2.75, 3.05) is 13.1 Å². The number of piperidine rings is 1. The van der Waals surface area contributed by atoms with Crippen LogP contribution in [0.15, 0.2) is 30.0 Å². The van der Waals surface area contributed by atoms with E-state index < -0.39 is 24.1 Å². The molecule has 0 aromatic heterocycles. The molecule has 0 bridgehead atoms. The zero-order chi connectivity index (χ0) is 22.3. The maximum atomic E-state index is 12.9. The van der Waals surface area contributed by atoms with Crippen LogP contribution in [0.5, 0.6) is 5.75 Å². The molecule has 7 nitrogen and oxygen atoms in total. The number of carbonyl (C=O) groups excluding carboxylic acids is 1. The minimum absolute atomic E-state index is 0.220. The fraction of sp³-hybridized carbons (Fsp3) is 0.524. The van der Waals surface area contributed by atoms with Crippen LogP contribution in [0.3, 0.4) is 0 Å². The van der Waals surface area contributed by atoms with Crippen molar-refractivity contribution < 1.29 is 32.6 Å². The van der Waals surface area contributed by atoms with Crippen molar-refractivity contribution in [1.29, 1.82) is 0 Å². The number of ether oxygens (including phenoxy) is 1. The van der Waals surface area contributed by atoms with Gasteiger partial charge in [0.1, 0.15) is 11.3 Å². The Hall–Kier alpha value is -2.75. The molecule has 1 aromatic rings. The third-order valence-electron chi connectivity index (χ3n) is 5.98. The van der Waals surface area contributed by atoms with Crippen molar-refractivity contribution in [3.63, 3.8) is 0 Å². The first kappa shape index (κ1) is 21.5. The molecule has 2 fully saturated rings. The molecule has 3 aliphatic rings. The smallest absolute Gasteiger partial charge is 0.478 e. The highest BCUT2D eigenvalue weighted by molar-refractivity contribution is 5.88. The van der Waals surface area contributed by atoms with E-state index in [0.717, 1.165) is 44.3 Å². The Morgan fingerprint density at radius 2 is 1.84 bits per heavy atom. The minimum Gasteiger partial charge on any atom is -0.478 e. The zero-order valence-electron chi connectivity index (χ0n) is 17.0. The number of aliphatic carboxylic acids is 1. The van der Waals surface area contributed by atoms with E-state index in [-0.39, 0.29) is 22.8 Å². The Morgan fingerprint density at radius 3 is 2.39 bits per heavy atom. The number of hydrazine groups is 1. The Kier molecular flexibility index (Phi) is 5.59. The molecule has 2 aliphatic heterocycles. The molecular formula is C21H24F3N3O4. The van der Waals surface area contributed by atoms with E-state index in [1.165, 1.54) is 0 Å². The van der Waals surface area contributed by atoms with Gasteiger partial charge in [0.2, 0.25) is 12.1 Å².